The van der Waals surface area contributed by atoms with Crippen molar-refractivity contribution >= 4 is 27.0 Å². The summed E-state index contributed by atoms with van der Waals surface area (Å²) in [5.41, 5.74) is 0.392. The number of aliphatic hydroxyl groups is 1. The van der Waals surface area contributed by atoms with Gasteiger partial charge in [0, 0.05) is 4.47 Å². The van der Waals surface area contributed by atoms with E-state index in [1.165, 1.54) is 18.2 Å². The average Bonchev–Trinajstić information content (AvgIpc) is 2.76. The predicted octanol–water partition coefficient (Wildman–Crippen LogP) is 3.24. The summed E-state index contributed by atoms with van der Waals surface area (Å²) in [7, 11) is 0. The molecule has 0 spiro atoms. The highest BCUT2D eigenvalue weighted by molar-refractivity contribution is 9.10. The molecule has 0 saturated carbocycles. The number of fused-ring (bicyclic) bond motifs is 1. The first-order valence-electron chi connectivity index (χ1n) is 5.91. The number of hydrogen-bond donors (Lipinski definition) is 2. The SMILES string of the molecule is O=c1[nH]c2ccc(C(O)c3c(F)cc(Br)cc3F)cc2o1. The summed E-state index contributed by atoms with van der Waals surface area (Å²) < 4.78 is 32.8. The van der Waals surface area contributed by atoms with Crippen molar-refractivity contribution in [1.82, 2.24) is 4.98 Å². The topological polar surface area (TPSA) is 66.2 Å². The van der Waals surface area contributed by atoms with E-state index in [2.05, 4.69) is 20.9 Å². The number of hydrogen-bond acceptors (Lipinski definition) is 3. The minimum absolute atomic E-state index is 0.203. The summed E-state index contributed by atoms with van der Waals surface area (Å²) in [6.45, 7) is 0. The van der Waals surface area contributed by atoms with Crippen LogP contribution in [0.25, 0.3) is 11.1 Å². The van der Waals surface area contributed by atoms with Crippen molar-refractivity contribution in [3.05, 3.63) is 68.1 Å². The van der Waals surface area contributed by atoms with Crippen molar-refractivity contribution < 1.29 is 18.3 Å². The molecule has 0 aliphatic heterocycles. The predicted molar refractivity (Wildman–Crippen MR) is 75.0 cm³/mol. The zero-order chi connectivity index (χ0) is 15.1. The average molecular weight is 356 g/mol. The van der Waals surface area contributed by atoms with Crippen LogP contribution in [0, 0.1) is 11.6 Å². The maximum atomic E-state index is 13.9. The van der Waals surface area contributed by atoms with E-state index in [0.717, 1.165) is 12.1 Å². The Hall–Kier alpha value is -1.99. The molecule has 1 atom stereocenters. The Morgan fingerprint density at radius 3 is 2.52 bits per heavy atom. The second kappa shape index (κ2) is 5.09. The molecule has 1 aromatic heterocycles. The molecule has 0 radical (unpaired) electrons. The van der Waals surface area contributed by atoms with Gasteiger partial charge in [-0.05, 0) is 29.8 Å². The number of aromatic amines is 1. The Morgan fingerprint density at radius 1 is 1.19 bits per heavy atom. The molecule has 2 aromatic carbocycles. The molecule has 0 aliphatic carbocycles. The van der Waals surface area contributed by atoms with Crippen LogP contribution in [0.4, 0.5) is 8.78 Å². The van der Waals surface area contributed by atoms with Crippen molar-refractivity contribution in [2.24, 2.45) is 0 Å². The molecular formula is C14H8BrF2NO3. The van der Waals surface area contributed by atoms with E-state index < -0.39 is 29.1 Å². The van der Waals surface area contributed by atoms with Crippen LogP contribution in [-0.4, -0.2) is 10.1 Å². The standard InChI is InChI=1S/C14H8BrF2NO3/c15-7-4-8(16)12(9(17)5-7)13(19)6-1-2-10-11(3-6)21-14(20)18-10/h1-5,13,19H,(H,18,20). The summed E-state index contributed by atoms with van der Waals surface area (Å²) in [5, 5.41) is 10.2. The van der Waals surface area contributed by atoms with Crippen LogP contribution in [-0.2, 0) is 0 Å². The lowest BCUT2D eigenvalue weighted by atomic mass is 10.0. The maximum Gasteiger partial charge on any atom is 0.417 e. The number of nitrogens with one attached hydrogen (secondary N) is 1. The van der Waals surface area contributed by atoms with Gasteiger partial charge in [0.1, 0.15) is 17.7 Å². The minimum atomic E-state index is -1.51. The van der Waals surface area contributed by atoms with E-state index >= 15 is 0 Å². The molecule has 7 heteroatoms. The number of benzene rings is 2. The summed E-state index contributed by atoms with van der Waals surface area (Å²) in [6, 6.07) is 6.44. The molecule has 2 N–H and O–H groups in total. The Labute approximate surface area is 125 Å². The molecule has 4 nitrogen and oxygen atoms in total. The fraction of sp³-hybridized carbons (Fsp3) is 0.0714. The second-order valence-electron chi connectivity index (χ2n) is 4.46. The van der Waals surface area contributed by atoms with Crippen LogP contribution in [0.5, 0.6) is 0 Å². The Bertz CT molecular complexity index is 864. The molecule has 0 amide bonds. The van der Waals surface area contributed by atoms with Crippen LogP contribution in [0.15, 0.2) is 44.0 Å². The summed E-state index contributed by atoms with van der Waals surface area (Å²) in [5.74, 6) is -2.38. The zero-order valence-corrected chi connectivity index (χ0v) is 11.9. The Morgan fingerprint density at radius 2 is 1.86 bits per heavy atom. The van der Waals surface area contributed by atoms with E-state index in [1.54, 1.807) is 0 Å². The second-order valence-corrected chi connectivity index (χ2v) is 5.37. The van der Waals surface area contributed by atoms with Crippen LogP contribution >= 0.6 is 15.9 Å². The summed E-state index contributed by atoms with van der Waals surface area (Å²) in [4.78, 5) is 13.5. The number of oxazole rings is 1. The van der Waals surface area contributed by atoms with Crippen LogP contribution in [0.1, 0.15) is 17.2 Å². The third-order valence-corrected chi connectivity index (χ3v) is 3.54. The third-order valence-electron chi connectivity index (χ3n) is 3.08. The van der Waals surface area contributed by atoms with Crippen LogP contribution < -0.4 is 5.76 Å². The van der Waals surface area contributed by atoms with Gasteiger partial charge in [0.25, 0.3) is 0 Å². The van der Waals surface area contributed by atoms with Gasteiger partial charge in [0.15, 0.2) is 5.58 Å². The molecule has 3 rings (SSSR count). The first-order valence-corrected chi connectivity index (χ1v) is 6.70. The van der Waals surface area contributed by atoms with Gasteiger partial charge in [-0.25, -0.2) is 13.6 Å². The molecule has 0 bridgehead atoms. The van der Waals surface area contributed by atoms with E-state index in [1.807, 2.05) is 0 Å². The molecular weight excluding hydrogens is 348 g/mol. The fourth-order valence-corrected chi connectivity index (χ4v) is 2.52. The molecule has 1 heterocycles. The fourth-order valence-electron chi connectivity index (χ4n) is 2.11. The normalized spacial score (nSPS) is 12.8. The van der Waals surface area contributed by atoms with Crippen molar-refractivity contribution in [2.75, 3.05) is 0 Å². The van der Waals surface area contributed by atoms with Gasteiger partial charge in [0.05, 0.1) is 11.1 Å². The third kappa shape index (κ3) is 2.50. The van der Waals surface area contributed by atoms with Crippen LogP contribution in [0.3, 0.4) is 0 Å². The summed E-state index contributed by atoms with van der Waals surface area (Å²) in [6.07, 6.45) is -1.51. The van der Waals surface area contributed by atoms with Gasteiger partial charge in [-0.3, -0.25) is 4.98 Å². The number of aromatic nitrogens is 1. The van der Waals surface area contributed by atoms with E-state index in [9.17, 15) is 18.7 Å². The molecule has 0 fully saturated rings. The lowest BCUT2D eigenvalue weighted by Crippen LogP contribution is -2.06. The number of H-pyrrole nitrogens is 1. The highest BCUT2D eigenvalue weighted by Gasteiger charge is 2.21. The van der Waals surface area contributed by atoms with Gasteiger partial charge in [-0.15, -0.1) is 0 Å². The first kappa shape index (κ1) is 14.0. The van der Waals surface area contributed by atoms with Gasteiger partial charge in [-0.1, -0.05) is 22.0 Å². The monoisotopic (exact) mass is 355 g/mol. The van der Waals surface area contributed by atoms with Crippen molar-refractivity contribution in [2.45, 2.75) is 6.10 Å². The van der Waals surface area contributed by atoms with Crippen LogP contribution in [0.2, 0.25) is 0 Å². The van der Waals surface area contributed by atoms with E-state index in [4.69, 9.17) is 4.42 Å². The van der Waals surface area contributed by atoms with Crippen molar-refractivity contribution in [3.63, 3.8) is 0 Å². The first-order chi connectivity index (χ1) is 9.95. The molecule has 0 aliphatic rings. The lowest BCUT2D eigenvalue weighted by Gasteiger charge is -2.13. The minimum Gasteiger partial charge on any atom is -0.408 e. The molecule has 1 unspecified atom stereocenters. The molecule has 3 aromatic rings. The number of rotatable bonds is 2. The zero-order valence-electron chi connectivity index (χ0n) is 10.4. The van der Waals surface area contributed by atoms with E-state index in [-0.39, 0.29) is 15.6 Å². The Kier molecular flexibility index (Phi) is 3.38. The van der Waals surface area contributed by atoms with E-state index in [0.29, 0.717) is 5.52 Å². The smallest absolute Gasteiger partial charge is 0.408 e. The Balaban J connectivity index is 2.11. The number of aliphatic hydroxyl groups excluding tert-OH is 1. The van der Waals surface area contributed by atoms with Crippen molar-refractivity contribution in [3.8, 4) is 0 Å². The molecule has 108 valence electrons. The highest BCUT2D eigenvalue weighted by Crippen LogP contribution is 2.30. The number of halogens is 3. The van der Waals surface area contributed by atoms with Gasteiger partial charge in [0.2, 0.25) is 0 Å². The lowest BCUT2D eigenvalue weighted by molar-refractivity contribution is 0.209. The molecule has 0 saturated heterocycles. The van der Waals surface area contributed by atoms with Crippen molar-refractivity contribution in [1.29, 1.82) is 0 Å². The summed E-state index contributed by atoms with van der Waals surface area (Å²) >= 11 is 2.97. The molecule has 21 heavy (non-hydrogen) atoms. The quantitative estimate of drug-likeness (QED) is 0.741. The largest absolute Gasteiger partial charge is 0.417 e. The maximum absolute atomic E-state index is 13.9. The highest BCUT2D eigenvalue weighted by atomic mass is 79.9. The van der Waals surface area contributed by atoms with Gasteiger partial charge in [-0.2, -0.15) is 0 Å². The van der Waals surface area contributed by atoms with Gasteiger partial charge >= 0.3 is 5.76 Å². The van der Waals surface area contributed by atoms with Gasteiger partial charge < -0.3 is 9.52 Å².